The second kappa shape index (κ2) is 4.23. The summed E-state index contributed by atoms with van der Waals surface area (Å²) in [5, 5.41) is 1.96. The maximum atomic E-state index is 10.9. The van der Waals surface area contributed by atoms with Crippen LogP contribution in [0.1, 0.15) is 4.88 Å². The Kier molecular flexibility index (Phi) is 3.25. The van der Waals surface area contributed by atoms with E-state index in [1.807, 2.05) is 17.5 Å². The Morgan fingerprint density at radius 2 is 2.58 bits per heavy atom. The molecule has 4 heteroatoms. The first-order valence-electron chi connectivity index (χ1n) is 3.60. The molecule has 0 aliphatic heterocycles. The largest absolute Gasteiger partial charge is 0.468 e. The third kappa shape index (κ3) is 2.32. The lowest BCUT2D eigenvalue weighted by Gasteiger charge is -2.06. The van der Waals surface area contributed by atoms with Crippen LogP contribution in [0.4, 0.5) is 0 Å². The highest BCUT2D eigenvalue weighted by molar-refractivity contribution is 7.09. The van der Waals surface area contributed by atoms with Crippen LogP contribution >= 0.6 is 11.3 Å². The number of thiophene rings is 1. The molecule has 0 radical (unpaired) electrons. The van der Waals surface area contributed by atoms with Crippen molar-refractivity contribution in [3.8, 4) is 0 Å². The Morgan fingerprint density at radius 3 is 3.08 bits per heavy atom. The molecule has 1 aromatic rings. The second-order valence-electron chi connectivity index (χ2n) is 2.41. The Morgan fingerprint density at radius 1 is 1.83 bits per heavy atom. The van der Waals surface area contributed by atoms with Crippen molar-refractivity contribution in [1.82, 2.24) is 0 Å². The predicted molar refractivity (Wildman–Crippen MR) is 48.0 cm³/mol. The van der Waals surface area contributed by atoms with Gasteiger partial charge in [0.25, 0.3) is 0 Å². The number of rotatable bonds is 3. The highest BCUT2D eigenvalue weighted by atomic mass is 32.1. The van der Waals surface area contributed by atoms with Crippen LogP contribution in [-0.4, -0.2) is 19.1 Å². The van der Waals surface area contributed by atoms with Crippen LogP contribution in [0.15, 0.2) is 17.5 Å². The van der Waals surface area contributed by atoms with E-state index in [-0.39, 0.29) is 5.97 Å². The van der Waals surface area contributed by atoms with E-state index >= 15 is 0 Å². The van der Waals surface area contributed by atoms with Crippen molar-refractivity contribution in [3.63, 3.8) is 0 Å². The predicted octanol–water partition coefficient (Wildman–Crippen LogP) is 0.791. The topological polar surface area (TPSA) is 52.3 Å². The van der Waals surface area contributed by atoms with E-state index in [1.165, 1.54) is 7.11 Å². The van der Waals surface area contributed by atoms with Crippen LogP contribution in [0.5, 0.6) is 0 Å². The number of carbonyl (C=O) groups excluding carboxylic acids is 1. The monoisotopic (exact) mass is 185 g/mol. The van der Waals surface area contributed by atoms with E-state index in [0.29, 0.717) is 6.42 Å². The first-order valence-corrected chi connectivity index (χ1v) is 4.48. The number of hydrogen-bond acceptors (Lipinski definition) is 4. The van der Waals surface area contributed by atoms with Gasteiger partial charge in [-0.05, 0) is 11.4 Å². The Bertz CT molecular complexity index is 246. The fraction of sp³-hybridized carbons (Fsp3) is 0.375. The van der Waals surface area contributed by atoms with Gasteiger partial charge in [-0.2, -0.15) is 0 Å². The molecule has 0 amide bonds. The molecule has 2 N–H and O–H groups in total. The van der Waals surface area contributed by atoms with Gasteiger partial charge >= 0.3 is 5.97 Å². The van der Waals surface area contributed by atoms with Gasteiger partial charge in [0.05, 0.1) is 7.11 Å². The standard InChI is InChI=1S/C8H11NO2S/c1-11-8(10)7(9)5-6-3-2-4-12-6/h2-4,7H,5,9H2,1H3. The fourth-order valence-electron chi connectivity index (χ4n) is 0.880. The Hall–Kier alpha value is -0.870. The van der Waals surface area contributed by atoms with Crippen LogP contribution in [-0.2, 0) is 16.0 Å². The summed E-state index contributed by atoms with van der Waals surface area (Å²) < 4.78 is 4.50. The zero-order chi connectivity index (χ0) is 8.97. The summed E-state index contributed by atoms with van der Waals surface area (Å²) in [6.45, 7) is 0. The molecule has 3 nitrogen and oxygen atoms in total. The molecule has 0 aromatic carbocycles. The first-order chi connectivity index (χ1) is 5.74. The molecule has 66 valence electrons. The van der Waals surface area contributed by atoms with Gasteiger partial charge in [-0.1, -0.05) is 6.07 Å². The van der Waals surface area contributed by atoms with E-state index in [4.69, 9.17) is 5.73 Å². The van der Waals surface area contributed by atoms with Crippen molar-refractivity contribution >= 4 is 17.3 Å². The van der Waals surface area contributed by atoms with Gasteiger partial charge in [0.1, 0.15) is 6.04 Å². The van der Waals surface area contributed by atoms with Gasteiger partial charge in [0, 0.05) is 11.3 Å². The highest BCUT2D eigenvalue weighted by Crippen LogP contribution is 2.10. The van der Waals surface area contributed by atoms with Gasteiger partial charge in [-0.15, -0.1) is 11.3 Å². The zero-order valence-corrected chi connectivity index (χ0v) is 7.64. The zero-order valence-electron chi connectivity index (χ0n) is 6.82. The Labute approximate surface area is 75.1 Å². The number of esters is 1. The quantitative estimate of drug-likeness (QED) is 0.708. The molecule has 0 spiro atoms. The molecule has 12 heavy (non-hydrogen) atoms. The van der Waals surface area contributed by atoms with E-state index < -0.39 is 6.04 Å². The lowest BCUT2D eigenvalue weighted by molar-refractivity contribution is -0.142. The smallest absolute Gasteiger partial charge is 0.323 e. The van der Waals surface area contributed by atoms with Gasteiger partial charge in [0.2, 0.25) is 0 Å². The maximum absolute atomic E-state index is 10.9. The average molecular weight is 185 g/mol. The van der Waals surface area contributed by atoms with Crippen molar-refractivity contribution in [3.05, 3.63) is 22.4 Å². The second-order valence-corrected chi connectivity index (χ2v) is 3.45. The van der Waals surface area contributed by atoms with Crippen molar-refractivity contribution < 1.29 is 9.53 Å². The molecule has 1 aromatic heterocycles. The SMILES string of the molecule is COC(=O)C(N)Cc1cccs1. The summed E-state index contributed by atoms with van der Waals surface area (Å²) in [5.74, 6) is -0.358. The van der Waals surface area contributed by atoms with Crippen LogP contribution in [0.2, 0.25) is 0 Å². The summed E-state index contributed by atoms with van der Waals surface area (Å²) in [7, 11) is 1.34. The molecule has 0 aliphatic carbocycles. The summed E-state index contributed by atoms with van der Waals surface area (Å²) in [6, 6.07) is 3.35. The molecular weight excluding hydrogens is 174 g/mol. The molecule has 1 atom stereocenters. The molecule has 0 fully saturated rings. The summed E-state index contributed by atoms with van der Waals surface area (Å²) >= 11 is 1.59. The lowest BCUT2D eigenvalue weighted by atomic mass is 10.2. The minimum absolute atomic E-state index is 0.358. The molecule has 1 heterocycles. The Balaban J connectivity index is 2.47. The maximum Gasteiger partial charge on any atom is 0.323 e. The van der Waals surface area contributed by atoms with Gasteiger partial charge in [-0.3, -0.25) is 4.79 Å². The van der Waals surface area contributed by atoms with E-state index in [1.54, 1.807) is 11.3 Å². The third-order valence-corrected chi connectivity index (χ3v) is 2.40. The molecule has 0 saturated heterocycles. The van der Waals surface area contributed by atoms with E-state index in [0.717, 1.165) is 4.88 Å². The van der Waals surface area contributed by atoms with Crippen LogP contribution < -0.4 is 5.73 Å². The first kappa shape index (κ1) is 9.22. The van der Waals surface area contributed by atoms with Crippen LogP contribution in [0.3, 0.4) is 0 Å². The van der Waals surface area contributed by atoms with Crippen molar-refractivity contribution in [2.24, 2.45) is 5.73 Å². The number of nitrogens with two attached hydrogens (primary N) is 1. The van der Waals surface area contributed by atoms with E-state index in [2.05, 4.69) is 4.74 Å². The lowest BCUT2D eigenvalue weighted by Crippen LogP contribution is -2.33. The van der Waals surface area contributed by atoms with Crippen molar-refractivity contribution in [1.29, 1.82) is 0 Å². The van der Waals surface area contributed by atoms with Crippen LogP contribution in [0, 0.1) is 0 Å². The van der Waals surface area contributed by atoms with Gasteiger partial charge in [-0.25, -0.2) is 0 Å². The molecule has 1 rings (SSSR count). The van der Waals surface area contributed by atoms with Crippen molar-refractivity contribution in [2.45, 2.75) is 12.5 Å². The molecular formula is C8H11NO2S. The normalized spacial score (nSPS) is 12.5. The van der Waals surface area contributed by atoms with E-state index in [9.17, 15) is 4.79 Å². The molecule has 1 unspecified atom stereocenters. The van der Waals surface area contributed by atoms with Crippen LogP contribution in [0.25, 0.3) is 0 Å². The number of hydrogen-bond donors (Lipinski definition) is 1. The van der Waals surface area contributed by atoms with Gasteiger partial charge in [0.15, 0.2) is 0 Å². The number of methoxy groups -OCH3 is 1. The average Bonchev–Trinajstić information content (AvgIpc) is 2.55. The van der Waals surface area contributed by atoms with Gasteiger partial charge < -0.3 is 10.5 Å². The fourth-order valence-corrected chi connectivity index (χ4v) is 1.65. The summed E-state index contributed by atoms with van der Waals surface area (Å²) in [4.78, 5) is 12.0. The van der Waals surface area contributed by atoms with Crippen molar-refractivity contribution in [2.75, 3.05) is 7.11 Å². The molecule has 0 bridgehead atoms. The molecule has 0 aliphatic rings. The minimum Gasteiger partial charge on any atom is -0.468 e. The number of ether oxygens (including phenoxy) is 1. The third-order valence-electron chi connectivity index (χ3n) is 1.51. The summed E-state index contributed by atoms with van der Waals surface area (Å²) in [5.41, 5.74) is 5.55. The number of carbonyl (C=O) groups is 1. The molecule has 0 saturated carbocycles. The minimum atomic E-state index is -0.534. The highest BCUT2D eigenvalue weighted by Gasteiger charge is 2.14. The summed E-state index contributed by atoms with van der Waals surface area (Å²) in [6.07, 6.45) is 0.560.